The van der Waals surface area contributed by atoms with Crippen LogP contribution in [0.1, 0.15) is 29.0 Å². The Kier molecular flexibility index (Phi) is 4.90. The number of hydrogen-bond acceptors (Lipinski definition) is 4. The minimum absolute atomic E-state index is 0.00135. The van der Waals surface area contributed by atoms with Crippen LogP contribution in [0.4, 0.5) is 19.0 Å². The van der Waals surface area contributed by atoms with Crippen LogP contribution in [0.5, 0.6) is 0 Å². The summed E-state index contributed by atoms with van der Waals surface area (Å²) in [5.41, 5.74) is -1.52. The van der Waals surface area contributed by atoms with Crippen LogP contribution in [0.2, 0.25) is 0 Å². The van der Waals surface area contributed by atoms with Gasteiger partial charge in [0, 0.05) is 18.1 Å². The Morgan fingerprint density at radius 1 is 1.31 bits per heavy atom. The number of benzene rings is 1. The van der Waals surface area contributed by atoms with Crippen LogP contribution >= 0.6 is 11.8 Å². The van der Waals surface area contributed by atoms with Gasteiger partial charge in [-0.05, 0) is 11.6 Å². The van der Waals surface area contributed by atoms with Crippen molar-refractivity contribution >= 4 is 23.5 Å². The molecule has 1 amide bonds. The molecule has 0 fully saturated rings. The number of aromatic amines is 1. The summed E-state index contributed by atoms with van der Waals surface area (Å²) < 4.78 is 40.1. The molecule has 2 aromatic rings. The highest BCUT2D eigenvalue weighted by atomic mass is 32.2. The number of H-pyrrole nitrogens is 1. The highest BCUT2D eigenvalue weighted by Gasteiger charge is 2.39. The van der Waals surface area contributed by atoms with Crippen molar-refractivity contribution in [2.75, 3.05) is 11.1 Å². The average Bonchev–Trinajstić information content (AvgIpc) is 2.58. The number of amides is 1. The molecule has 0 bridgehead atoms. The van der Waals surface area contributed by atoms with Gasteiger partial charge in [-0.3, -0.25) is 9.59 Å². The molecular weight excluding hydrogens is 367 g/mol. The van der Waals surface area contributed by atoms with E-state index in [1.807, 2.05) is 0 Å². The summed E-state index contributed by atoms with van der Waals surface area (Å²) in [5.74, 6) is -1.03. The summed E-state index contributed by atoms with van der Waals surface area (Å²) in [6.07, 6.45) is -3.24. The fourth-order valence-corrected chi connectivity index (χ4v) is 3.48. The van der Waals surface area contributed by atoms with Crippen molar-refractivity contribution in [1.82, 2.24) is 9.97 Å². The van der Waals surface area contributed by atoms with E-state index in [1.54, 1.807) is 6.08 Å². The van der Waals surface area contributed by atoms with E-state index in [-0.39, 0.29) is 28.5 Å². The number of nitrogens with zero attached hydrogens (tertiary/aromatic N) is 1. The Hall–Kier alpha value is -2.55. The molecule has 5 nitrogen and oxygen atoms in total. The van der Waals surface area contributed by atoms with Gasteiger partial charge in [0.15, 0.2) is 5.16 Å². The molecule has 1 aliphatic heterocycles. The second kappa shape index (κ2) is 6.99. The van der Waals surface area contributed by atoms with Crippen LogP contribution in [-0.4, -0.2) is 21.6 Å². The van der Waals surface area contributed by atoms with Gasteiger partial charge in [-0.2, -0.15) is 13.2 Å². The fraction of sp³-hybridized carbons (Fsp3) is 0.235. The zero-order valence-electron chi connectivity index (χ0n) is 13.4. The van der Waals surface area contributed by atoms with E-state index < -0.39 is 29.1 Å². The molecule has 0 radical (unpaired) electrons. The third kappa shape index (κ3) is 3.52. The molecule has 2 N–H and O–H groups in total. The van der Waals surface area contributed by atoms with Crippen LogP contribution in [0.25, 0.3) is 0 Å². The minimum Gasteiger partial charge on any atom is -0.310 e. The number of halogens is 3. The number of alkyl halides is 3. The molecule has 1 aliphatic rings. The van der Waals surface area contributed by atoms with Crippen molar-refractivity contribution in [2.45, 2.75) is 23.7 Å². The largest absolute Gasteiger partial charge is 0.416 e. The van der Waals surface area contributed by atoms with Gasteiger partial charge in [0.1, 0.15) is 5.82 Å². The van der Waals surface area contributed by atoms with E-state index in [9.17, 15) is 22.8 Å². The van der Waals surface area contributed by atoms with Crippen molar-refractivity contribution in [3.63, 3.8) is 0 Å². The normalized spacial score (nSPS) is 16.7. The van der Waals surface area contributed by atoms with Gasteiger partial charge >= 0.3 is 6.18 Å². The minimum atomic E-state index is -4.59. The second-order valence-corrected chi connectivity index (χ2v) is 6.63. The van der Waals surface area contributed by atoms with Crippen LogP contribution < -0.4 is 10.9 Å². The molecule has 136 valence electrons. The Morgan fingerprint density at radius 3 is 2.73 bits per heavy atom. The molecule has 1 aromatic carbocycles. The van der Waals surface area contributed by atoms with Crippen molar-refractivity contribution in [2.24, 2.45) is 0 Å². The molecular formula is C17H14F3N3O2S. The molecule has 1 aromatic heterocycles. The van der Waals surface area contributed by atoms with E-state index >= 15 is 0 Å². The lowest BCUT2D eigenvalue weighted by atomic mass is 9.84. The standard InChI is InChI=1S/C17H14F3N3O2S/c1-2-7-26-16-22-14-13(15(25)23-16)10(8-12(24)21-14)9-5-3-4-6-11(9)17(18,19)20/h2-6,10H,1,7-8H2,(H2,21,22,23,24,25)/t10-/m1/s1. The first-order chi connectivity index (χ1) is 12.3. The molecule has 0 saturated carbocycles. The monoisotopic (exact) mass is 381 g/mol. The Morgan fingerprint density at radius 2 is 2.04 bits per heavy atom. The van der Waals surface area contributed by atoms with Gasteiger partial charge in [-0.15, -0.1) is 6.58 Å². The third-order valence-corrected chi connectivity index (χ3v) is 4.78. The van der Waals surface area contributed by atoms with E-state index in [2.05, 4.69) is 21.9 Å². The Balaban J connectivity index is 2.15. The zero-order chi connectivity index (χ0) is 18.9. The van der Waals surface area contributed by atoms with Gasteiger partial charge < -0.3 is 10.3 Å². The van der Waals surface area contributed by atoms with Gasteiger partial charge in [0.05, 0.1) is 11.1 Å². The molecule has 0 aliphatic carbocycles. The predicted octanol–water partition coefficient (Wildman–Crippen LogP) is 3.54. The Bertz CT molecular complexity index is 924. The molecule has 0 spiro atoms. The second-order valence-electron chi connectivity index (χ2n) is 5.62. The number of carbonyl (C=O) groups excluding carboxylic acids is 1. The van der Waals surface area contributed by atoms with E-state index in [0.717, 1.165) is 6.07 Å². The molecule has 0 unspecified atom stereocenters. The molecule has 26 heavy (non-hydrogen) atoms. The number of rotatable bonds is 4. The maximum atomic E-state index is 13.4. The number of fused-ring (bicyclic) bond motifs is 1. The van der Waals surface area contributed by atoms with Gasteiger partial charge in [0.25, 0.3) is 5.56 Å². The quantitative estimate of drug-likeness (QED) is 0.483. The SMILES string of the molecule is C=CCSc1nc2c(c(=O)[nH]1)[C@@H](c1ccccc1C(F)(F)F)CC(=O)N2. The fourth-order valence-electron chi connectivity index (χ4n) is 2.88. The topological polar surface area (TPSA) is 74.8 Å². The summed E-state index contributed by atoms with van der Waals surface area (Å²) >= 11 is 1.20. The highest BCUT2D eigenvalue weighted by molar-refractivity contribution is 7.99. The van der Waals surface area contributed by atoms with Crippen LogP contribution in [0, 0.1) is 0 Å². The number of anilines is 1. The van der Waals surface area contributed by atoms with Crippen molar-refractivity contribution in [3.05, 3.63) is 64.0 Å². The van der Waals surface area contributed by atoms with Crippen LogP contribution in [0.3, 0.4) is 0 Å². The summed E-state index contributed by atoms with van der Waals surface area (Å²) in [6, 6.07) is 4.95. The summed E-state index contributed by atoms with van der Waals surface area (Å²) in [5, 5.41) is 2.75. The van der Waals surface area contributed by atoms with E-state index in [0.29, 0.717) is 5.75 Å². The van der Waals surface area contributed by atoms with E-state index in [4.69, 9.17) is 0 Å². The lowest BCUT2D eigenvalue weighted by Gasteiger charge is -2.26. The molecule has 1 atom stereocenters. The molecule has 9 heteroatoms. The first kappa shape index (κ1) is 18.2. The predicted molar refractivity (Wildman–Crippen MR) is 92.3 cm³/mol. The third-order valence-electron chi connectivity index (χ3n) is 3.91. The highest BCUT2D eigenvalue weighted by Crippen LogP contribution is 2.41. The number of carbonyl (C=O) groups is 1. The van der Waals surface area contributed by atoms with E-state index in [1.165, 1.54) is 30.0 Å². The molecule has 2 heterocycles. The van der Waals surface area contributed by atoms with Gasteiger partial charge in [0.2, 0.25) is 5.91 Å². The van der Waals surface area contributed by atoms with Crippen molar-refractivity contribution in [1.29, 1.82) is 0 Å². The summed E-state index contributed by atoms with van der Waals surface area (Å²) in [6.45, 7) is 3.57. The number of hydrogen-bond donors (Lipinski definition) is 2. The van der Waals surface area contributed by atoms with Gasteiger partial charge in [-0.25, -0.2) is 4.98 Å². The zero-order valence-corrected chi connectivity index (χ0v) is 14.2. The van der Waals surface area contributed by atoms with Crippen molar-refractivity contribution < 1.29 is 18.0 Å². The summed E-state index contributed by atoms with van der Waals surface area (Å²) in [7, 11) is 0. The summed E-state index contributed by atoms with van der Waals surface area (Å²) in [4.78, 5) is 31.3. The number of aromatic nitrogens is 2. The number of thioether (sulfide) groups is 1. The average molecular weight is 381 g/mol. The maximum Gasteiger partial charge on any atom is 0.416 e. The first-order valence-electron chi connectivity index (χ1n) is 7.65. The molecule has 0 saturated heterocycles. The Labute approximate surface area is 150 Å². The van der Waals surface area contributed by atoms with Gasteiger partial charge in [-0.1, -0.05) is 36.0 Å². The lowest BCUT2D eigenvalue weighted by molar-refractivity contribution is -0.138. The van der Waals surface area contributed by atoms with Crippen molar-refractivity contribution in [3.8, 4) is 0 Å². The maximum absolute atomic E-state index is 13.4. The molecule has 3 rings (SSSR count). The van der Waals surface area contributed by atoms with Crippen LogP contribution in [0.15, 0.2) is 46.9 Å². The smallest absolute Gasteiger partial charge is 0.310 e. The number of nitrogens with one attached hydrogen (secondary N) is 2. The van der Waals surface area contributed by atoms with Crippen LogP contribution in [-0.2, 0) is 11.0 Å². The lowest BCUT2D eigenvalue weighted by Crippen LogP contribution is -2.32. The first-order valence-corrected chi connectivity index (χ1v) is 8.63.